The van der Waals surface area contributed by atoms with Gasteiger partial charge >= 0.3 is 0 Å². The van der Waals surface area contributed by atoms with Crippen LogP contribution < -0.4 is 5.32 Å². The zero-order valence-corrected chi connectivity index (χ0v) is 12.7. The number of rotatable bonds is 2. The number of ether oxygens (including phenoxy) is 1. The van der Waals surface area contributed by atoms with Gasteiger partial charge in [0, 0.05) is 6.54 Å². The molecule has 0 bridgehead atoms. The molecule has 2 aliphatic rings. The maximum atomic E-state index is 12.4. The Morgan fingerprint density at radius 3 is 3.10 bits per heavy atom. The molecule has 4 heteroatoms. The van der Waals surface area contributed by atoms with E-state index in [1.807, 2.05) is 0 Å². The number of nitrogens with zero attached hydrogens (tertiary/aromatic N) is 1. The number of benzene rings is 1. The summed E-state index contributed by atoms with van der Waals surface area (Å²) < 4.78 is 5.60. The molecule has 0 aliphatic carbocycles. The number of nitrogens with one attached hydrogen (secondary N) is 1. The predicted molar refractivity (Wildman–Crippen MR) is 82.0 cm³/mol. The van der Waals surface area contributed by atoms with Gasteiger partial charge in [-0.1, -0.05) is 29.8 Å². The van der Waals surface area contributed by atoms with Crippen LogP contribution in [-0.2, 0) is 16.1 Å². The Morgan fingerprint density at radius 1 is 1.33 bits per heavy atom. The summed E-state index contributed by atoms with van der Waals surface area (Å²) >= 11 is 0. The highest BCUT2D eigenvalue weighted by molar-refractivity contribution is 5.79. The highest BCUT2D eigenvalue weighted by Gasteiger charge is 2.43. The quantitative estimate of drug-likeness (QED) is 0.903. The van der Waals surface area contributed by atoms with Gasteiger partial charge in [0.25, 0.3) is 0 Å². The van der Waals surface area contributed by atoms with Crippen LogP contribution in [-0.4, -0.2) is 42.6 Å². The number of amides is 1. The van der Waals surface area contributed by atoms with Crippen molar-refractivity contribution in [3.8, 4) is 0 Å². The van der Waals surface area contributed by atoms with Crippen LogP contribution in [0.4, 0.5) is 0 Å². The third kappa shape index (κ3) is 3.11. The maximum absolute atomic E-state index is 12.4. The number of morpholine rings is 1. The van der Waals surface area contributed by atoms with E-state index in [0.29, 0.717) is 13.2 Å². The Hall–Kier alpha value is -1.39. The van der Waals surface area contributed by atoms with Gasteiger partial charge in [-0.15, -0.1) is 0 Å². The summed E-state index contributed by atoms with van der Waals surface area (Å²) in [5, 5.41) is 3.43. The Bertz CT molecular complexity index is 507. The van der Waals surface area contributed by atoms with E-state index in [-0.39, 0.29) is 18.1 Å². The summed E-state index contributed by atoms with van der Waals surface area (Å²) in [6, 6.07) is 8.44. The standard InChI is InChI=1S/C17H24N2O2/c1-14-4-2-5-15(10-14)11-19-16(20)12-21-13-17(19)6-3-8-18-9-7-17/h2,4-5,10,18H,3,6-9,11-13H2,1H3. The smallest absolute Gasteiger partial charge is 0.249 e. The first-order valence-corrected chi connectivity index (χ1v) is 7.84. The first-order valence-electron chi connectivity index (χ1n) is 7.84. The summed E-state index contributed by atoms with van der Waals surface area (Å²) in [6.07, 6.45) is 3.10. The SMILES string of the molecule is Cc1cccc(CN2C(=O)COCC23CCCNCC3)c1. The molecule has 1 atom stereocenters. The largest absolute Gasteiger partial charge is 0.369 e. The Kier molecular flexibility index (Phi) is 4.27. The lowest BCUT2D eigenvalue weighted by Gasteiger charge is -2.46. The second-order valence-electron chi connectivity index (χ2n) is 6.29. The predicted octanol–water partition coefficient (Wildman–Crippen LogP) is 1.87. The van der Waals surface area contributed by atoms with E-state index in [2.05, 4.69) is 41.4 Å². The van der Waals surface area contributed by atoms with Crippen molar-refractivity contribution in [2.24, 2.45) is 0 Å². The molecule has 0 saturated carbocycles. The van der Waals surface area contributed by atoms with Crippen molar-refractivity contribution < 1.29 is 9.53 Å². The minimum absolute atomic E-state index is 0.122. The first-order chi connectivity index (χ1) is 10.2. The molecule has 0 aromatic heterocycles. The van der Waals surface area contributed by atoms with Crippen LogP contribution in [0.25, 0.3) is 0 Å². The molecule has 2 heterocycles. The van der Waals surface area contributed by atoms with Crippen LogP contribution in [0.1, 0.15) is 30.4 Å². The fraction of sp³-hybridized carbons (Fsp3) is 0.588. The lowest BCUT2D eigenvalue weighted by molar-refractivity contribution is -0.160. The summed E-state index contributed by atoms with van der Waals surface area (Å²) in [5.41, 5.74) is 2.33. The highest BCUT2D eigenvalue weighted by atomic mass is 16.5. The summed E-state index contributed by atoms with van der Waals surface area (Å²) in [4.78, 5) is 14.5. The fourth-order valence-corrected chi connectivity index (χ4v) is 3.53. The number of aryl methyl sites for hydroxylation is 1. The van der Waals surface area contributed by atoms with Gasteiger partial charge in [0.1, 0.15) is 6.61 Å². The topological polar surface area (TPSA) is 41.6 Å². The van der Waals surface area contributed by atoms with Gasteiger partial charge in [-0.3, -0.25) is 4.79 Å². The normalized spacial score (nSPS) is 26.9. The molecule has 4 nitrogen and oxygen atoms in total. The van der Waals surface area contributed by atoms with Crippen molar-refractivity contribution in [2.75, 3.05) is 26.3 Å². The summed E-state index contributed by atoms with van der Waals surface area (Å²) in [5.74, 6) is 0.129. The van der Waals surface area contributed by atoms with Crippen LogP contribution in [0.2, 0.25) is 0 Å². The van der Waals surface area contributed by atoms with E-state index >= 15 is 0 Å². The number of hydrogen-bond acceptors (Lipinski definition) is 3. The second-order valence-corrected chi connectivity index (χ2v) is 6.29. The molecule has 0 radical (unpaired) electrons. The van der Waals surface area contributed by atoms with Crippen molar-refractivity contribution >= 4 is 5.91 Å². The molecular formula is C17H24N2O2. The Morgan fingerprint density at radius 2 is 2.24 bits per heavy atom. The van der Waals surface area contributed by atoms with Gasteiger partial charge in [-0.2, -0.15) is 0 Å². The Balaban J connectivity index is 1.85. The fourth-order valence-electron chi connectivity index (χ4n) is 3.53. The third-order valence-corrected chi connectivity index (χ3v) is 4.66. The number of carbonyl (C=O) groups is 1. The molecule has 3 rings (SSSR count). The van der Waals surface area contributed by atoms with Crippen molar-refractivity contribution in [1.29, 1.82) is 0 Å². The lowest BCUT2D eigenvalue weighted by Crippen LogP contribution is -2.59. The van der Waals surface area contributed by atoms with Gasteiger partial charge in [-0.25, -0.2) is 0 Å². The van der Waals surface area contributed by atoms with E-state index in [4.69, 9.17) is 4.74 Å². The van der Waals surface area contributed by atoms with Crippen LogP contribution in [0.15, 0.2) is 24.3 Å². The molecule has 2 saturated heterocycles. The monoisotopic (exact) mass is 288 g/mol. The lowest BCUT2D eigenvalue weighted by atomic mass is 9.87. The van der Waals surface area contributed by atoms with Gasteiger partial charge in [0.15, 0.2) is 0 Å². The zero-order chi connectivity index (χ0) is 14.7. The van der Waals surface area contributed by atoms with E-state index in [9.17, 15) is 4.79 Å². The van der Waals surface area contributed by atoms with Crippen molar-refractivity contribution in [2.45, 2.75) is 38.3 Å². The van der Waals surface area contributed by atoms with Gasteiger partial charge < -0.3 is 15.0 Å². The molecule has 1 unspecified atom stereocenters. The molecule has 21 heavy (non-hydrogen) atoms. The van der Waals surface area contributed by atoms with Crippen molar-refractivity contribution in [3.05, 3.63) is 35.4 Å². The maximum Gasteiger partial charge on any atom is 0.249 e. The molecule has 1 N–H and O–H groups in total. The van der Waals surface area contributed by atoms with Gasteiger partial charge in [-0.05, 0) is 44.8 Å². The molecule has 1 aromatic rings. The number of carbonyl (C=O) groups excluding carboxylic acids is 1. The minimum Gasteiger partial charge on any atom is -0.369 e. The van der Waals surface area contributed by atoms with Crippen LogP contribution in [0.5, 0.6) is 0 Å². The molecule has 2 aliphatic heterocycles. The van der Waals surface area contributed by atoms with E-state index in [1.54, 1.807) is 0 Å². The average molecular weight is 288 g/mol. The average Bonchev–Trinajstić information content (AvgIpc) is 2.70. The van der Waals surface area contributed by atoms with Crippen LogP contribution in [0, 0.1) is 6.92 Å². The Labute approximate surface area is 126 Å². The van der Waals surface area contributed by atoms with Crippen LogP contribution >= 0.6 is 0 Å². The third-order valence-electron chi connectivity index (χ3n) is 4.66. The molecule has 1 aromatic carbocycles. The van der Waals surface area contributed by atoms with Gasteiger partial charge in [0.2, 0.25) is 5.91 Å². The number of hydrogen-bond donors (Lipinski definition) is 1. The zero-order valence-electron chi connectivity index (χ0n) is 12.7. The van der Waals surface area contributed by atoms with Crippen LogP contribution in [0.3, 0.4) is 0 Å². The molecule has 1 spiro atoms. The highest BCUT2D eigenvalue weighted by Crippen LogP contribution is 2.32. The molecule has 1 amide bonds. The van der Waals surface area contributed by atoms with E-state index in [0.717, 1.165) is 32.4 Å². The summed E-state index contributed by atoms with van der Waals surface area (Å²) in [7, 11) is 0. The molecular weight excluding hydrogens is 264 g/mol. The molecule has 2 fully saturated rings. The van der Waals surface area contributed by atoms with E-state index < -0.39 is 0 Å². The second kappa shape index (κ2) is 6.16. The first kappa shape index (κ1) is 14.5. The van der Waals surface area contributed by atoms with E-state index in [1.165, 1.54) is 11.1 Å². The minimum atomic E-state index is -0.122. The summed E-state index contributed by atoms with van der Waals surface area (Å²) in [6.45, 7) is 5.68. The van der Waals surface area contributed by atoms with Crippen molar-refractivity contribution in [1.82, 2.24) is 10.2 Å². The van der Waals surface area contributed by atoms with Crippen molar-refractivity contribution in [3.63, 3.8) is 0 Å². The molecule has 114 valence electrons. The van der Waals surface area contributed by atoms with Gasteiger partial charge in [0.05, 0.1) is 12.1 Å².